The number of unbranched alkanes of at least 4 members (excludes halogenated alkanes) is 1. The highest BCUT2D eigenvalue weighted by atomic mass is 35.5. The Balaban J connectivity index is 1.85. The van der Waals surface area contributed by atoms with Crippen molar-refractivity contribution in [3.05, 3.63) is 40.7 Å². The predicted molar refractivity (Wildman–Crippen MR) is 124 cm³/mol. The molecule has 11 N–H and O–H groups in total. The number of hydrogen-bond acceptors (Lipinski definition) is 8. The second-order valence-electron chi connectivity index (χ2n) is 6.73. The first-order valence-electron chi connectivity index (χ1n) is 9.70. The van der Waals surface area contributed by atoms with E-state index in [1.807, 2.05) is 24.3 Å². The van der Waals surface area contributed by atoms with Gasteiger partial charge >= 0.3 is 0 Å². The fourth-order valence-electron chi connectivity index (χ4n) is 2.75. The number of rotatable bonds is 10. The summed E-state index contributed by atoms with van der Waals surface area (Å²) < 4.78 is 5.55. The number of nitrogen functional groups attached to an aromatic ring is 2. The maximum absolute atomic E-state index is 12.7. The van der Waals surface area contributed by atoms with Crippen LogP contribution in [0.1, 0.15) is 28.9 Å². The number of ether oxygens (including phenoxy) is 1. The summed E-state index contributed by atoms with van der Waals surface area (Å²) in [5, 5.41) is 7.57. The molecule has 1 aromatic heterocycles. The molecule has 1 heterocycles. The average Bonchev–Trinajstić information content (AvgIpc) is 2.74. The quantitative estimate of drug-likeness (QED) is 0.162. The van der Waals surface area contributed by atoms with Crippen molar-refractivity contribution in [3.63, 3.8) is 0 Å². The minimum absolute atomic E-state index is 0.0302. The number of carbonyl (C=O) groups is 1. The summed E-state index contributed by atoms with van der Waals surface area (Å²) in [7, 11) is 0. The van der Waals surface area contributed by atoms with Gasteiger partial charge in [-0.15, -0.1) is 0 Å². The van der Waals surface area contributed by atoms with Gasteiger partial charge in [-0.1, -0.05) is 23.7 Å². The van der Waals surface area contributed by atoms with E-state index >= 15 is 0 Å². The van der Waals surface area contributed by atoms with Crippen molar-refractivity contribution < 1.29 is 9.53 Å². The van der Waals surface area contributed by atoms with Crippen molar-refractivity contribution in [2.75, 3.05) is 31.2 Å². The molecule has 0 aliphatic rings. The predicted octanol–water partition coefficient (Wildman–Crippen LogP) is 0.305. The lowest BCUT2D eigenvalue weighted by molar-refractivity contribution is 0.0838. The van der Waals surface area contributed by atoms with Gasteiger partial charge in [0.25, 0.3) is 5.91 Å². The molecule has 0 atom stereocenters. The zero-order valence-electron chi connectivity index (χ0n) is 17.4. The molecule has 172 valence electrons. The van der Waals surface area contributed by atoms with E-state index in [1.165, 1.54) is 0 Å². The third kappa shape index (κ3) is 7.16. The number of hydrogen-bond donors (Lipinski definition) is 6. The van der Waals surface area contributed by atoms with Crippen LogP contribution in [0.3, 0.4) is 0 Å². The number of halogens is 1. The maximum Gasteiger partial charge on any atom is 0.283 e. The van der Waals surface area contributed by atoms with Gasteiger partial charge in [0.05, 0.1) is 6.54 Å². The summed E-state index contributed by atoms with van der Waals surface area (Å²) >= 11 is 5.83. The van der Waals surface area contributed by atoms with Gasteiger partial charge in [-0.2, -0.15) is 0 Å². The summed E-state index contributed by atoms with van der Waals surface area (Å²) in [6.07, 6.45) is 2.12. The van der Waals surface area contributed by atoms with Crippen molar-refractivity contribution in [3.8, 4) is 5.75 Å². The van der Waals surface area contributed by atoms with Gasteiger partial charge in [0.15, 0.2) is 34.4 Å². The molecule has 2 aromatic rings. The molecular formula is C19H27ClN10O2. The van der Waals surface area contributed by atoms with Crippen LogP contribution in [-0.2, 0) is 6.42 Å². The average molecular weight is 463 g/mol. The van der Waals surface area contributed by atoms with E-state index in [0.717, 1.165) is 23.3 Å². The van der Waals surface area contributed by atoms with Crippen LogP contribution in [0.4, 0.5) is 11.6 Å². The van der Waals surface area contributed by atoms with Crippen LogP contribution in [0.25, 0.3) is 0 Å². The Morgan fingerprint density at radius 2 is 1.78 bits per heavy atom. The maximum atomic E-state index is 12.7. The second kappa shape index (κ2) is 11.6. The highest BCUT2D eigenvalue weighted by molar-refractivity contribution is 6.31. The van der Waals surface area contributed by atoms with E-state index in [4.69, 9.17) is 50.4 Å². The van der Waals surface area contributed by atoms with Crippen molar-refractivity contribution in [2.45, 2.75) is 19.3 Å². The standard InChI is InChI=1S/C19H27ClN10O2/c20-14-16(22)29-15(21)13(28-14)17(31)30(19(25)26)9-2-1-3-11-4-6-12(7-5-11)32-10-8-27-18(23)24/h4-7H,1-3,8-10H2,(H3,25,26)(H4,21,22,29)(H4,23,24,27). The molecule has 12 nitrogen and oxygen atoms in total. The minimum Gasteiger partial charge on any atom is -0.492 e. The molecule has 2 rings (SSSR count). The fraction of sp³-hybridized carbons (Fsp3) is 0.316. The molecule has 1 amide bonds. The van der Waals surface area contributed by atoms with Crippen molar-refractivity contribution >= 4 is 41.1 Å². The molecule has 0 spiro atoms. The topological polar surface area (TPSA) is 222 Å². The summed E-state index contributed by atoms with van der Waals surface area (Å²) in [4.78, 5) is 25.3. The zero-order valence-corrected chi connectivity index (χ0v) is 18.2. The lowest BCUT2D eigenvalue weighted by atomic mass is 10.1. The molecule has 0 bridgehead atoms. The SMILES string of the molecule is N=C(N)N(CCCCc1ccc(OCCN=C(N)N)cc1)C(=O)c1nc(Cl)c(N)nc1N. The number of amides is 1. The van der Waals surface area contributed by atoms with E-state index in [0.29, 0.717) is 25.3 Å². The third-order valence-electron chi connectivity index (χ3n) is 4.32. The molecule has 1 aromatic carbocycles. The molecule has 32 heavy (non-hydrogen) atoms. The number of carbonyl (C=O) groups excluding carboxylic acids is 1. The Morgan fingerprint density at radius 3 is 2.41 bits per heavy atom. The Kier molecular flexibility index (Phi) is 8.83. The molecule has 0 radical (unpaired) electrons. The van der Waals surface area contributed by atoms with E-state index in [2.05, 4.69) is 15.0 Å². The highest BCUT2D eigenvalue weighted by Crippen LogP contribution is 2.19. The van der Waals surface area contributed by atoms with Crippen LogP contribution < -0.4 is 33.4 Å². The number of nitrogens with two attached hydrogens (primary N) is 5. The second-order valence-corrected chi connectivity index (χ2v) is 7.09. The molecular weight excluding hydrogens is 436 g/mol. The Labute approximate surface area is 190 Å². The summed E-state index contributed by atoms with van der Waals surface area (Å²) in [5.74, 6) is -0.599. The van der Waals surface area contributed by atoms with Gasteiger partial charge in [0.2, 0.25) is 0 Å². The number of nitrogens with one attached hydrogen (secondary N) is 1. The molecule has 13 heteroatoms. The number of aryl methyl sites for hydroxylation is 1. The largest absolute Gasteiger partial charge is 0.492 e. The van der Waals surface area contributed by atoms with E-state index < -0.39 is 11.9 Å². The van der Waals surface area contributed by atoms with Gasteiger partial charge in [0, 0.05) is 6.54 Å². The summed E-state index contributed by atoms with van der Waals surface area (Å²) in [6, 6.07) is 7.64. The number of aromatic nitrogens is 2. The van der Waals surface area contributed by atoms with Crippen molar-refractivity contribution in [1.29, 1.82) is 5.41 Å². The molecule has 0 unspecified atom stereocenters. The number of benzene rings is 1. The van der Waals surface area contributed by atoms with Gasteiger partial charge < -0.3 is 33.4 Å². The van der Waals surface area contributed by atoms with Gasteiger partial charge in [-0.3, -0.25) is 20.1 Å². The van der Waals surface area contributed by atoms with Crippen LogP contribution in [0.2, 0.25) is 5.15 Å². The first kappa shape index (κ1) is 24.5. The number of aliphatic imine (C=N–C) groups is 1. The van der Waals surface area contributed by atoms with Crippen LogP contribution in [0.15, 0.2) is 29.3 Å². The van der Waals surface area contributed by atoms with E-state index in [1.54, 1.807) is 0 Å². The Hall–Kier alpha value is -3.80. The zero-order chi connectivity index (χ0) is 23.7. The number of nitrogens with zero attached hydrogens (tertiary/aromatic N) is 4. The smallest absolute Gasteiger partial charge is 0.283 e. The number of anilines is 2. The van der Waals surface area contributed by atoms with Crippen LogP contribution >= 0.6 is 11.6 Å². The minimum atomic E-state index is -0.661. The van der Waals surface area contributed by atoms with Gasteiger partial charge in [0.1, 0.15) is 12.4 Å². The molecule has 0 aliphatic heterocycles. The first-order chi connectivity index (χ1) is 15.2. The first-order valence-corrected chi connectivity index (χ1v) is 10.1. The van der Waals surface area contributed by atoms with Crippen LogP contribution in [-0.4, -0.2) is 52.4 Å². The number of guanidine groups is 2. The van der Waals surface area contributed by atoms with Crippen LogP contribution in [0.5, 0.6) is 5.75 Å². The van der Waals surface area contributed by atoms with Gasteiger partial charge in [-0.05, 0) is 37.0 Å². The summed E-state index contributed by atoms with van der Waals surface area (Å²) in [6.45, 7) is 0.971. The van der Waals surface area contributed by atoms with Gasteiger partial charge in [-0.25, -0.2) is 9.97 Å². The third-order valence-corrected chi connectivity index (χ3v) is 4.60. The van der Waals surface area contributed by atoms with E-state index in [9.17, 15) is 4.79 Å². The normalized spacial score (nSPS) is 10.4. The Morgan fingerprint density at radius 1 is 1.09 bits per heavy atom. The molecule has 0 saturated carbocycles. The summed E-state index contributed by atoms with van der Waals surface area (Å²) in [5.41, 5.74) is 28.2. The highest BCUT2D eigenvalue weighted by Gasteiger charge is 2.23. The molecule has 0 saturated heterocycles. The van der Waals surface area contributed by atoms with Crippen LogP contribution in [0, 0.1) is 5.41 Å². The van der Waals surface area contributed by atoms with Crippen molar-refractivity contribution in [2.24, 2.45) is 22.2 Å². The van der Waals surface area contributed by atoms with E-state index in [-0.39, 0.29) is 35.0 Å². The lowest BCUT2D eigenvalue weighted by Crippen LogP contribution is -2.42. The Bertz CT molecular complexity index is 977. The fourth-order valence-corrected chi connectivity index (χ4v) is 2.87. The molecule has 0 fully saturated rings. The molecule has 0 aliphatic carbocycles. The monoisotopic (exact) mass is 462 g/mol. The lowest BCUT2D eigenvalue weighted by Gasteiger charge is -2.20. The van der Waals surface area contributed by atoms with Crippen molar-refractivity contribution in [1.82, 2.24) is 14.9 Å².